The molecule has 0 bridgehead atoms. The Morgan fingerprint density at radius 1 is 1.12 bits per heavy atom. The number of hydrogen-bond acceptors (Lipinski definition) is 3. The van der Waals surface area contributed by atoms with Crippen LogP contribution in [-0.2, 0) is 20.4 Å². The van der Waals surface area contributed by atoms with Gasteiger partial charge in [0.05, 0.1) is 0 Å². The number of benzene rings is 2. The van der Waals surface area contributed by atoms with Crippen LogP contribution in [0.3, 0.4) is 0 Å². The van der Waals surface area contributed by atoms with Gasteiger partial charge < -0.3 is 0 Å². The van der Waals surface area contributed by atoms with Gasteiger partial charge in [-0.3, -0.25) is 0 Å². The summed E-state index contributed by atoms with van der Waals surface area (Å²) in [5, 5.41) is 9.25. The number of ether oxygens (including phenoxy) is 2. The van der Waals surface area contributed by atoms with Crippen molar-refractivity contribution < 1.29 is 19.4 Å². The zero-order chi connectivity index (χ0) is 23.4. The number of carbonyl (C=O) groups is 1. The number of carboxylic acid groups (broad SMARTS) is 1. The summed E-state index contributed by atoms with van der Waals surface area (Å²) in [5.74, 6) is 2.95. The van der Waals surface area contributed by atoms with E-state index in [1.54, 1.807) is 7.11 Å². The van der Waals surface area contributed by atoms with Gasteiger partial charge in [-0.05, 0) is 0 Å². The van der Waals surface area contributed by atoms with E-state index in [0.717, 1.165) is 28.6 Å². The summed E-state index contributed by atoms with van der Waals surface area (Å²) < 4.78 is 12.3. The van der Waals surface area contributed by atoms with Crippen molar-refractivity contribution in [2.45, 2.75) is 51.4 Å². The molecule has 0 amide bonds. The second-order valence-electron chi connectivity index (χ2n) is 9.25. The number of hydrogen-bond donors (Lipinski definition) is 1. The Balaban J connectivity index is 2.00. The Morgan fingerprint density at radius 2 is 1.81 bits per heavy atom. The van der Waals surface area contributed by atoms with Gasteiger partial charge in [-0.15, -0.1) is 0 Å². The molecular weight excluding hydrogens is 467 g/mol. The molecule has 1 aliphatic carbocycles. The van der Waals surface area contributed by atoms with Crippen LogP contribution in [0.1, 0.15) is 57.2 Å². The van der Waals surface area contributed by atoms with Crippen molar-refractivity contribution in [3.05, 3.63) is 65.2 Å². The topological polar surface area (TPSA) is 55.8 Å². The quantitative estimate of drug-likeness (QED) is 0.277. The minimum absolute atomic E-state index is 0.0237. The van der Waals surface area contributed by atoms with E-state index in [9.17, 15) is 9.90 Å². The van der Waals surface area contributed by atoms with Crippen LogP contribution in [0, 0.1) is 10.7 Å². The number of aliphatic carboxylic acids is 1. The molecule has 5 heteroatoms. The summed E-state index contributed by atoms with van der Waals surface area (Å²) in [6, 6.07) is 13.8. The number of carboxylic acids is 1. The SMILES string of the molecule is COCOc1cc([Se]C#CC(=CC(=O)O)c2ccccc2)cc2c1C(C)(C)CCC2(C)C. The molecule has 0 fully saturated rings. The molecule has 0 aliphatic heterocycles. The zero-order valence-electron chi connectivity index (χ0n) is 19.3. The van der Waals surface area contributed by atoms with Gasteiger partial charge in [0.1, 0.15) is 0 Å². The third kappa shape index (κ3) is 5.64. The maximum absolute atomic E-state index is 11.3. The van der Waals surface area contributed by atoms with E-state index in [-0.39, 0.29) is 32.6 Å². The number of allylic oxidation sites excluding steroid dienone is 1. The van der Waals surface area contributed by atoms with E-state index in [0.29, 0.717) is 5.57 Å². The molecule has 4 nitrogen and oxygen atoms in total. The van der Waals surface area contributed by atoms with Crippen LogP contribution in [0.15, 0.2) is 48.5 Å². The van der Waals surface area contributed by atoms with E-state index in [1.807, 2.05) is 30.3 Å². The molecule has 0 atom stereocenters. The van der Waals surface area contributed by atoms with Crippen LogP contribution < -0.4 is 9.20 Å². The van der Waals surface area contributed by atoms with Crippen LogP contribution in [0.5, 0.6) is 5.75 Å². The Morgan fingerprint density at radius 3 is 2.47 bits per heavy atom. The molecule has 3 rings (SSSR count). The molecular formula is C27H30O4Se. The molecule has 0 saturated carbocycles. The molecule has 2 aromatic carbocycles. The van der Waals surface area contributed by atoms with Gasteiger partial charge in [0.15, 0.2) is 0 Å². The fourth-order valence-corrected chi connectivity index (χ4v) is 5.38. The summed E-state index contributed by atoms with van der Waals surface area (Å²) >= 11 is -0.162. The molecule has 168 valence electrons. The van der Waals surface area contributed by atoms with Gasteiger partial charge in [-0.25, -0.2) is 0 Å². The Labute approximate surface area is 197 Å². The first kappa shape index (κ1) is 24.1. The van der Waals surface area contributed by atoms with Crippen LogP contribution in [-0.4, -0.2) is 39.9 Å². The zero-order valence-corrected chi connectivity index (χ0v) is 21.0. The van der Waals surface area contributed by atoms with Crippen molar-refractivity contribution in [1.29, 1.82) is 0 Å². The third-order valence-electron chi connectivity index (χ3n) is 5.90. The Hall–Kier alpha value is -2.51. The molecule has 32 heavy (non-hydrogen) atoms. The van der Waals surface area contributed by atoms with Gasteiger partial charge in [0.2, 0.25) is 0 Å². The number of fused-ring (bicyclic) bond motifs is 1. The van der Waals surface area contributed by atoms with Crippen molar-refractivity contribution in [1.82, 2.24) is 0 Å². The molecule has 1 N–H and O–H groups in total. The molecule has 0 unspecified atom stereocenters. The Kier molecular flexibility index (Phi) is 7.51. The predicted molar refractivity (Wildman–Crippen MR) is 129 cm³/mol. The summed E-state index contributed by atoms with van der Waals surface area (Å²) in [5.41, 5.74) is 3.95. The molecule has 0 heterocycles. The number of rotatable bonds is 6. The summed E-state index contributed by atoms with van der Waals surface area (Å²) in [7, 11) is 1.63. The standard InChI is InChI=1S/C27H30O4Se/c1-26(2)12-13-27(3,4)25-22(26)16-21(17-23(25)31-18-30-5)32-14-11-20(15-24(28)29)19-9-7-6-8-10-19/h6-10,15-17H,12-13,18H2,1-5H3,(H,28,29). The second-order valence-corrected chi connectivity index (χ2v) is 11.1. The van der Waals surface area contributed by atoms with Gasteiger partial charge in [-0.2, -0.15) is 0 Å². The predicted octanol–water partition coefficient (Wildman–Crippen LogP) is 4.48. The van der Waals surface area contributed by atoms with Gasteiger partial charge in [-0.1, -0.05) is 0 Å². The van der Waals surface area contributed by atoms with E-state index in [4.69, 9.17) is 9.47 Å². The monoisotopic (exact) mass is 498 g/mol. The fourth-order valence-electron chi connectivity index (χ4n) is 4.07. The Bertz CT molecular complexity index is 1070. The molecule has 2 aromatic rings. The molecule has 0 saturated heterocycles. The normalized spacial score (nSPS) is 16.5. The van der Waals surface area contributed by atoms with Gasteiger partial charge >= 0.3 is 197 Å². The van der Waals surface area contributed by atoms with Gasteiger partial charge in [0.25, 0.3) is 0 Å². The summed E-state index contributed by atoms with van der Waals surface area (Å²) in [6.07, 6.45) is 3.38. The van der Waals surface area contributed by atoms with Crippen LogP contribution >= 0.6 is 0 Å². The van der Waals surface area contributed by atoms with Crippen LogP contribution in [0.4, 0.5) is 0 Å². The van der Waals surface area contributed by atoms with Crippen molar-refractivity contribution in [3.8, 4) is 16.5 Å². The van der Waals surface area contributed by atoms with E-state index < -0.39 is 5.97 Å². The van der Waals surface area contributed by atoms with Gasteiger partial charge in [0, 0.05) is 0 Å². The van der Waals surface area contributed by atoms with Crippen molar-refractivity contribution in [2.75, 3.05) is 13.9 Å². The first-order valence-corrected chi connectivity index (χ1v) is 12.3. The number of methoxy groups -OCH3 is 1. The average molecular weight is 497 g/mol. The van der Waals surface area contributed by atoms with Crippen molar-refractivity contribution in [3.63, 3.8) is 0 Å². The van der Waals surface area contributed by atoms with E-state index >= 15 is 0 Å². The maximum atomic E-state index is 11.3. The van der Waals surface area contributed by atoms with Crippen LogP contribution in [0.2, 0.25) is 0 Å². The molecule has 0 spiro atoms. The second kappa shape index (κ2) is 9.96. The fraction of sp³-hybridized carbons (Fsp3) is 0.370. The first-order valence-electron chi connectivity index (χ1n) is 10.6. The van der Waals surface area contributed by atoms with E-state index in [1.165, 1.54) is 17.2 Å². The third-order valence-corrected chi connectivity index (χ3v) is 7.31. The summed E-state index contributed by atoms with van der Waals surface area (Å²) in [6.45, 7) is 9.31. The summed E-state index contributed by atoms with van der Waals surface area (Å²) in [4.78, 5) is 14.5. The van der Waals surface area contributed by atoms with Crippen molar-refractivity contribution in [2.24, 2.45) is 0 Å². The van der Waals surface area contributed by atoms with Crippen LogP contribution in [0.25, 0.3) is 5.57 Å². The average Bonchev–Trinajstić information content (AvgIpc) is 2.75. The molecule has 1 aliphatic rings. The van der Waals surface area contributed by atoms with E-state index in [2.05, 4.69) is 50.6 Å². The van der Waals surface area contributed by atoms with Crippen molar-refractivity contribution >= 4 is 31.0 Å². The minimum atomic E-state index is -1.00. The molecule has 0 radical (unpaired) electrons. The first-order chi connectivity index (χ1) is 15.1. The molecule has 0 aromatic heterocycles.